The Labute approximate surface area is 200 Å². The predicted octanol–water partition coefficient (Wildman–Crippen LogP) is 4.73. The van der Waals surface area contributed by atoms with E-state index in [9.17, 15) is 14.7 Å². The highest BCUT2D eigenvalue weighted by molar-refractivity contribution is 5.95. The molecular formula is C26H35N3O5. The van der Waals surface area contributed by atoms with Gasteiger partial charge < -0.3 is 19.1 Å². The van der Waals surface area contributed by atoms with Crippen molar-refractivity contribution in [2.75, 3.05) is 25.2 Å². The van der Waals surface area contributed by atoms with Gasteiger partial charge in [-0.1, -0.05) is 6.42 Å². The molecule has 5 rings (SSSR count). The number of fused-ring (bicyclic) bond motifs is 3. The molecule has 184 valence electrons. The van der Waals surface area contributed by atoms with Gasteiger partial charge in [0.2, 0.25) is 0 Å². The van der Waals surface area contributed by atoms with Crippen LogP contribution in [0.25, 0.3) is 11.0 Å². The highest BCUT2D eigenvalue weighted by atomic mass is 16.5. The van der Waals surface area contributed by atoms with E-state index in [1.165, 1.54) is 7.11 Å². The van der Waals surface area contributed by atoms with Crippen LogP contribution < -0.4 is 4.90 Å². The van der Waals surface area contributed by atoms with Gasteiger partial charge in [-0.3, -0.25) is 9.69 Å². The number of imidazole rings is 1. The zero-order valence-corrected chi connectivity index (χ0v) is 20.2. The molecule has 8 heteroatoms. The Balaban J connectivity index is 1.60. The molecule has 8 nitrogen and oxygen atoms in total. The average molecular weight is 470 g/mol. The summed E-state index contributed by atoms with van der Waals surface area (Å²) in [5, 5.41) is 9.69. The lowest BCUT2D eigenvalue weighted by molar-refractivity contribution is -0.143. The lowest BCUT2D eigenvalue weighted by Crippen LogP contribution is -2.42. The molecule has 1 aromatic heterocycles. The van der Waals surface area contributed by atoms with E-state index in [2.05, 4.69) is 10.6 Å². The molecule has 2 fully saturated rings. The van der Waals surface area contributed by atoms with Crippen LogP contribution >= 0.6 is 0 Å². The first kappa shape index (κ1) is 23.1. The SMILES string of the molecule is COC(=O)N1c2ccc3c(nc(CC4CCCOC4)n3[C@@H]3CCC[C@@H](C(=O)O)C3)c2CCC1C. The number of nitrogens with zero attached hydrogens (tertiary/aromatic N) is 3. The number of carboxylic acid groups (broad SMARTS) is 1. The number of benzene rings is 1. The zero-order chi connectivity index (χ0) is 23.8. The van der Waals surface area contributed by atoms with E-state index < -0.39 is 5.97 Å². The number of carbonyl (C=O) groups is 2. The van der Waals surface area contributed by atoms with Gasteiger partial charge in [-0.25, -0.2) is 9.78 Å². The molecule has 2 aromatic rings. The molecule has 1 amide bonds. The van der Waals surface area contributed by atoms with E-state index in [4.69, 9.17) is 14.5 Å². The van der Waals surface area contributed by atoms with Crippen LogP contribution in [0.3, 0.4) is 0 Å². The van der Waals surface area contributed by atoms with Crippen LogP contribution in [0.2, 0.25) is 0 Å². The van der Waals surface area contributed by atoms with Crippen LogP contribution in [0.1, 0.15) is 69.3 Å². The van der Waals surface area contributed by atoms with Gasteiger partial charge in [0, 0.05) is 37.3 Å². The van der Waals surface area contributed by atoms with E-state index in [-0.39, 0.29) is 24.1 Å². The topological polar surface area (TPSA) is 93.9 Å². The summed E-state index contributed by atoms with van der Waals surface area (Å²) < 4.78 is 13.2. The lowest BCUT2D eigenvalue weighted by Gasteiger charge is -2.34. The molecule has 2 aliphatic heterocycles. The molecule has 4 atom stereocenters. The third kappa shape index (κ3) is 4.17. The van der Waals surface area contributed by atoms with E-state index >= 15 is 0 Å². The molecular weight excluding hydrogens is 434 g/mol. The summed E-state index contributed by atoms with van der Waals surface area (Å²) in [7, 11) is 1.42. The highest BCUT2D eigenvalue weighted by Crippen LogP contribution is 2.41. The number of hydrogen-bond donors (Lipinski definition) is 1. The van der Waals surface area contributed by atoms with E-state index in [0.29, 0.717) is 12.3 Å². The lowest BCUT2D eigenvalue weighted by atomic mass is 9.85. The number of carboxylic acids is 1. The predicted molar refractivity (Wildman–Crippen MR) is 128 cm³/mol. The Kier molecular flexibility index (Phi) is 6.51. The van der Waals surface area contributed by atoms with Gasteiger partial charge in [0.05, 0.1) is 29.7 Å². The molecule has 1 aromatic carbocycles. The second kappa shape index (κ2) is 9.56. The van der Waals surface area contributed by atoms with E-state index in [0.717, 1.165) is 92.7 Å². The van der Waals surface area contributed by atoms with Crippen molar-refractivity contribution in [2.45, 2.75) is 76.8 Å². The second-order valence-electron chi connectivity index (χ2n) is 10.2. The average Bonchev–Trinajstić information content (AvgIpc) is 3.22. The maximum atomic E-state index is 12.6. The molecule has 3 aliphatic rings. The maximum Gasteiger partial charge on any atom is 0.414 e. The van der Waals surface area contributed by atoms with Crippen molar-refractivity contribution in [3.05, 3.63) is 23.5 Å². The number of aliphatic carboxylic acids is 1. The largest absolute Gasteiger partial charge is 0.481 e. The molecule has 1 saturated heterocycles. The quantitative estimate of drug-likeness (QED) is 0.696. The van der Waals surface area contributed by atoms with Crippen LogP contribution in [-0.4, -0.2) is 53.1 Å². The zero-order valence-electron chi connectivity index (χ0n) is 20.2. The summed E-state index contributed by atoms with van der Waals surface area (Å²) >= 11 is 0. The van der Waals surface area contributed by atoms with Crippen molar-refractivity contribution in [3.63, 3.8) is 0 Å². The minimum atomic E-state index is -0.698. The summed E-state index contributed by atoms with van der Waals surface area (Å²) in [6, 6.07) is 4.28. The van der Waals surface area contributed by atoms with Crippen LogP contribution in [0.4, 0.5) is 10.5 Å². The Bertz CT molecular complexity index is 1070. The first-order valence-corrected chi connectivity index (χ1v) is 12.7. The Morgan fingerprint density at radius 1 is 1.21 bits per heavy atom. The van der Waals surface area contributed by atoms with Gasteiger partial charge in [-0.05, 0) is 69.9 Å². The van der Waals surface area contributed by atoms with Gasteiger partial charge in [-0.2, -0.15) is 0 Å². The van der Waals surface area contributed by atoms with Crippen LogP contribution in [0, 0.1) is 11.8 Å². The molecule has 1 N–H and O–H groups in total. The molecule has 1 aliphatic carbocycles. The van der Waals surface area contributed by atoms with Gasteiger partial charge in [0.1, 0.15) is 5.82 Å². The Morgan fingerprint density at radius 3 is 2.79 bits per heavy atom. The van der Waals surface area contributed by atoms with Gasteiger partial charge in [-0.15, -0.1) is 0 Å². The third-order valence-electron chi connectivity index (χ3n) is 7.99. The van der Waals surface area contributed by atoms with Crippen LogP contribution in [0.15, 0.2) is 12.1 Å². The number of carbonyl (C=O) groups excluding carboxylic acids is 1. The summed E-state index contributed by atoms with van der Waals surface area (Å²) in [6.45, 7) is 3.62. The third-order valence-corrected chi connectivity index (χ3v) is 7.99. The number of ether oxygens (including phenoxy) is 2. The molecule has 34 heavy (non-hydrogen) atoms. The smallest absolute Gasteiger partial charge is 0.414 e. The highest BCUT2D eigenvalue weighted by Gasteiger charge is 2.34. The second-order valence-corrected chi connectivity index (χ2v) is 10.2. The van der Waals surface area contributed by atoms with Crippen LogP contribution in [-0.2, 0) is 27.1 Å². The van der Waals surface area contributed by atoms with E-state index in [1.54, 1.807) is 4.90 Å². The number of rotatable bonds is 4. The summed E-state index contributed by atoms with van der Waals surface area (Å²) in [5.74, 6) is 0.440. The number of aryl methyl sites for hydroxylation is 1. The summed E-state index contributed by atoms with van der Waals surface area (Å²) in [6.07, 6.45) is 7.63. The number of methoxy groups -OCH3 is 1. The fraction of sp³-hybridized carbons (Fsp3) is 0.654. The fourth-order valence-electron chi connectivity index (χ4n) is 6.22. The Hall–Kier alpha value is -2.61. The fourth-order valence-corrected chi connectivity index (χ4v) is 6.22. The maximum absolute atomic E-state index is 12.6. The standard InChI is InChI=1S/C26H35N3O5/c1-16-8-9-20-21(28(16)26(32)33-2)10-11-22-24(20)27-23(13-17-5-4-12-34-15-17)29(22)19-7-3-6-18(14-19)25(30)31/h10-11,16-19H,3-9,12-15H2,1-2H3,(H,30,31)/t16?,17?,18-,19-/m1/s1. The van der Waals surface area contributed by atoms with Crippen molar-refractivity contribution in [2.24, 2.45) is 11.8 Å². The molecule has 1 saturated carbocycles. The van der Waals surface area contributed by atoms with Gasteiger partial charge in [0.25, 0.3) is 0 Å². The number of amides is 1. The Morgan fingerprint density at radius 2 is 2.06 bits per heavy atom. The number of anilines is 1. The van der Waals surface area contributed by atoms with E-state index in [1.807, 2.05) is 13.0 Å². The number of aromatic nitrogens is 2. The van der Waals surface area contributed by atoms with Crippen molar-refractivity contribution in [3.8, 4) is 0 Å². The van der Waals surface area contributed by atoms with Crippen molar-refractivity contribution in [1.82, 2.24) is 9.55 Å². The minimum Gasteiger partial charge on any atom is -0.481 e. The minimum absolute atomic E-state index is 0.0630. The molecule has 2 unspecified atom stereocenters. The number of hydrogen-bond acceptors (Lipinski definition) is 5. The van der Waals surface area contributed by atoms with Crippen LogP contribution in [0.5, 0.6) is 0 Å². The molecule has 0 spiro atoms. The first-order valence-electron chi connectivity index (χ1n) is 12.7. The molecule has 3 heterocycles. The van der Waals surface area contributed by atoms with Crippen molar-refractivity contribution >= 4 is 28.8 Å². The van der Waals surface area contributed by atoms with Gasteiger partial charge >= 0.3 is 12.1 Å². The molecule has 0 radical (unpaired) electrons. The van der Waals surface area contributed by atoms with Crippen molar-refractivity contribution < 1.29 is 24.2 Å². The van der Waals surface area contributed by atoms with Crippen molar-refractivity contribution in [1.29, 1.82) is 0 Å². The van der Waals surface area contributed by atoms with Gasteiger partial charge in [0.15, 0.2) is 0 Å². The first-order chi connectivity index (χ1) is 16.5. The summed E-state index contributed by atoms with van der Waals surface area (Å²) in [5.41, 5.74) is 3.97. The normalized spacial score (nSPS) is 27.4. The monoisotopic (exact) mass is 469 g/mol. The summed E-state index contributed by atoms with van der Waals surface area (Å²) in [4.78, 5) is 31.3. The molecule has 0 bridgehead atoms.